The lowest BCUT2D eigenvalue weighted by molar-refractivity contribution is 1.30. The van der Waals surface area contributed by atoms with E-state index in [0.29, 0.717) is 0 Å². The van der Waals surface area contributed by atoms with Gasteiger partial charge in [0.15, 0.2) is 0 Å². The molecule has 3 nitrogen and oxygen atoms in total. The fourth-order valence-corrected chi connectivity index (χ4v) is 17.8. The van der Waals surface area contributed by atoms with Gasteiger partial charge in [-0.3, -0.25) is 0 Å². The van der Waals surface area contributed by atoms with Crippen LogP contribution >= 0.6 is 0 Å². The van der Waals surface area contributed by atoms with Crippen molar-refractivity contribution in [2.75, 3.05) is 14.7 Å². The minimum absolute atomic E-state index is 0.0346. The molecule has 110 heavy (non-hydrogen) atoms. The Morgan fingerprint density at radius 1 is 0.164 bits per heavy atom. The van der Waals surface area contributed by atoms with Gasteiger partial charge < -0.3 is 14.7 Å². The van der Waals surface area contributed by atoms with Crippen LogP contribution in [0.5, 0.6) is 0 Å². The van der Waals surface area contributed by atoms with Crippen LogP contribution in [0.3, 0.4) is 0 Å². The maximum atomic E-state index is 2.45. The molecule has 0 atom stereocenters. The maximum absolute atomic E-state index is 2.45. The number of anilines is 9. The summed E-state index contributed by atoms with van der Waals surface area (Å²) in [5.41, 5.74) is 28.0. The van der Waals surface area contributed by atoms with Gasteiger partial charge in [-0.05, 0) is 182 Å². The number of hydrogen-bond donors (Lipinski definition) is 0. The van der Waals surface area contributed by atoms with Crippen molar-refractivity contribution in [3.8, 4) is 22.3 Å². The van der Waals surface area contributed by atoms with Crippen LogP contribution in [0.1, 0.15) is 0 Å². The summed E-state index contributed by atoms with van der Waals surface area (Å²) in [6.45, 7) is 0.399. The third-order valence-corrected chi connectivity index (χ3v) is 22.7. The summed E-state index contributed by atoms with van der Waals surface area (Å²) in [5, 5.41) is 12.7. The van der Waals surface area contributed by atoms with E-state index < -0.39 is 0 Å². The molecule has 3 heterocycles. The second-order valence-electron chi connectivity index (χ2n) is 28.9. The Labute approximate surface area is 643 Å². The molecular weight excluding hydrogens is 1320 g/mol. The van der Waals surface area contributed by atoms with Crippen LogP contribution in [0.25, 0.3) is 76.1 Å². The molecule has 0 saturated carbocycles. The molecule has 0 amide bonds. The van der Waals surface area contributed by atoms with E-state index in [1.54, 1.807) is 0 Å². The largest absolute Gasteiger partial charge is 0.312 e. The van der Waals surface area contributed by atoms with Crippen LogP contribution < -0.4 is 63.9 Å². The average Bonchev–Trinajstić information content (AvgIpc) is 0.756. The molecule has 0 fully saturated rings. The van der Waals surface area contributed by atoms with Gasteiger partial charge in [0.2, 0.25) is 20.1 Å². The van der Waals surface area contributed by atoms with Gasteiger partial charge in [0.05, 0.1) is 0 Å². The van der Waals surface area contributed by atoms with Gasteiger partial charge in [-0.25, -0.2) is 0 Å². The molecule has 0 bridgehead atoms. The van der Waals surface area contributed by atoms with Gasteiger partial charge in [0.25, 0.3) is 0 Å². The molecule has 6 heteroatoms. The fraction of sp³-hybridized carbons (Fsp3) is 0. The van der Waals surface area contributed by atoms with E-state index in [1.807, 2.05) is 0 Å². The van der Waals surface area contributed by atoms with E-state index in [9.17, 15) is 0 Å². The van der Waals surface area contributed by atoms with Crippen LogP contribution in [-0.2, 0) is 0 Å². The lowest BCUT2D eigenvalue weighted by atomic mass is 9.33. The molecule has 0 aromatic heterocycles. The van der Waals surface area contributed by atoms with Crippen LogP contribution in [-0.4, -0.2) is 20.1 Å². The van der Waals surface area contributed by atoms with E-state index in [4.69, 9.17) is 0 Å². The molecule has 0 unspecified atom stereocenters. The van der Waals surface area contributed by atoms with Crippen molar-refractivity contribution in [3.63, 3.8) is 0 Å². The van der Waals surface area contributed by atoms with Crippen molar-refractivity contribution < 1.29 is 0 Å². The smallest absolute Gasteiger partial charge is 0.248 e. The van der Waals surface area contributed by atoms with Crippen LogP contribution in [0.2, 0.25) is 0 Å². The molecule has 0 N–H and O–H groups in total. The zero-order valence-corrected chi connectivity index (χ0v) is 60.6. The molecule has 22 rings (SSSR count). The number of nitrogens with zero attached hydrogens (tertiary/aromatic N) is 3. The van der Waals surface area contributed by atoms with Gasteiger partial charge >= 0.3 is 0 Å². The van der Waals surface area contributed by atoms with Crippen molar-refractivity contribution in [3.05, 3.63) is 437 Å². The molecule has 0 radical (unpaired) electrons. The first-order valence-electron chi connectivity index (χ1n) is 38.2. The molecule has 0 aliphatic carbocycles. The van der Waals surface area contributed by atoms with E-state index in [1.165, 1.54) is 176 Å². The number of benzene rings is 19. The Bertz CT molecular complexity index is 6390. The molecular formula is C104H72B3N3. The average molecular weight is 1400 g/mol. The molecule has 512 valence electrons. The molecule has 3 aliphatic rings. The summed E-state index contributed by atoms with van der Waals surface area (Å²) in [6, 6.07) is 159. The van der Waals surface area contributed by atoms with Gasteiger partial charge in [-0.2, -0.15) is 0 Å². The molecule has 0 spiro atoms. The fourth-order valence-electron chi connectivity index (χ4n) is 17.8. The minimum atomic E-state index is 0.0346. The predicted octanol–water partition coefficient (Wildman–Crippen LogP) is 21.1. The summed E-state index contributed by atoms with van der Waals surface area (Å²) in [7, 11) is 0. The first-order chi connectivity index (χ1) is 54.6. The summed E-state index contributed by atoms with van der Waals surface area (Å²) in [5.74, 6) is 0. The third kappa shape index (κ3) is 11.8. The highest BCUT2D eigenvalue weighted by Crippen LogP contribution is 2.42. The number of para-hydroxylation sites is 6. The highest BCUT2D eigenvalue weighted by Gasteiger charge is 2.40. The number of hydrogen-bond acceptors (Lipinski definition) is 3. The second-order valence-corrected chi connectivity index (χ2v) is 28.9. The SMILES string of the molecule is c1ccc(-c2cccc(-c3ccccc3)c2B2c3ccccc3N(c3ccccc3)c3cc4ccccc4cc32)cc1.c1ccc2c(c1)B(c1ccc3ccccc3c1)c1ccccc1N2c1ccc2ccccc2c1.c1ccc2c(c1)B(c1cccc3ccccc13)c1ccccc1N2c1ccc2ccccc2c1. The van der Waals surface area contributed by atoms with Crippen molar-refractivity contribution >= 4 is 174 Å². The van der Waals surface area contributed by atoms with Crippen LogP contribution in [0.15, 0.2) is 437 Å². The van der Waals surface area contributed by atoms with E-state index in [0.717, 1.165) is 0 Å². The summed E-state index contributed by atoms with van der Waals surface area (Å²) in [4.78, 5) is 7.30. The second kappa shape index (κ2) is 28.4. The van der Waals surface area contributed by atoms with Crippen molar-refractivity contribution in [2.45, 2.75) is 0 Å². The zero-order chi connectivity index (χ0) is 72.9. The number of fused-ring (bicyclic) bond motifs is 11. The Kier molecular flexibility index (Phi) is 16.9. The normalized spacial score (nSPS) is 12.4. The maximum Gasteiger partial charge on any atom is 0.248 e. The van der Waals surface area contributed by atoms with Gasteiger partial charge in [0.1, 0.15) is 0 Å². The Balaban J connectivity index is 0.000000109. The highest BCUT2D eigenvalue weighted by molar-refractivity contribution is 7.00. The van der Waals surface area contributed by atoms with Gasteiger partial charge in [-0.15, -0.1) is 0 Å². The quantitative estimate of drug-likeness (QED) is 0.140. The summed E-state index contributed by atoms with van der Waals surface area (Å²) < 4.78 is 0. The minimum Gasteiger partial charge on any atom is -0.312 e. The summed E-state index contributed by atoms with van der Waals surface area (Å²) >= 11 is 0. The van der Waals surface area contributed by atoms with Gasteiger partial charge in [0, 0.05) is 51.2 Å². The molecule has 19 aromatic carbocycles. The summed E-state index contributed by atoms with van der Waals surface area (Å²) in [6.07, 6.45) is 0. The number of rotatable bonds is 8. The third-order valence-electron chi connectivity index (χ3n) is 22.7. The molecule has 3 aliphatic heterocycles. The van der Waals surface area contributed by atoms with Crippen molar-refractivity contribution in [1.29, 1.82) is 0 Å². The van der Waals surface area contributed by atoms with E-state index in [2.05, 4.69) is 451 Å². The van der Waals surface area contributed by atoms with Crippen molar-refractivity contribution in [2.24, 2.45) is 0 Å². The molecule has 19 aromatic rings. The van der Waals surface area contributed by atoms with Gasteiger partial charge in [-0.1, -0.05) is 380 Å². The Morgan fingerprint density at radius 3 is 0.973 bits per heavy atom. The zero-order valence-electron chi connectivity index (χ0n) is 60.6. The van der Waals surface area contributed by atoms with Crippen LogP contribution in [0.4, 0.5) is 51.2 Å². The van der Waals surface area contributed by atoms with E-state index in [-0.39, 0.29) is 20.1 Å². The molecule has 0 saturated heterocycles. The van der Waals surface area contributed by atoms with Crippen molar-refractivity contribution in [1.82, 2.24) is 0 Å². The highest BCUT2D eigenvalue weighted by atomic mass is 15.2. The Hall–Kier alpha value is -13.9. The lowest BCUT2D eigenvalue weighted by Crippen LogP contribution is -2.58. The Morgan fingerprint density at radius 2 is 0.491 bits per heavy atom. The monoisotopic (exact) mass is 1400 g/mol. The topological polar surface area (TPSA) is 9.72 Å². The first-order valence-corrected chi connectivity index (χ1v) is 38.2. The standard InChI is InChI=1S/C40H28BN.2C32H22BN/c1-4-15-29(16-5-1)34-23-14-24-35(30-17-6-2-7-18-30)40(34)41-36-25-12-13-26-38(36)42(33-21-8-3-9-22-33)39-28-32-20-11-10-19-31(32)27-37(39)41;1-3-11-25-21-27(19-17-23(25)9-1)33-29-13-5-7-15-31(29)34(32-16-8-6-14-30(32)33)28-20-18-24-10-2-4-12-26(24)22-28;1-2-12-25-22-26(21-20-23(25)10-1)34-31-18-7-5-15-29(31)33(30-16-6-8-19-32(30)34)28-17-9-13-24-11-3-4-14-27(24)28/h1-28H;2*1-22H. The predicted molar refractivity (Wildman–Crippen MR) is 475 cm³/mol. The lowest BCUT2D eigenvalue weighted by Gasteiger charge is -2.38. The van der Waals surface area contributed by atoms with Crippen LogP contribution in [0, 0.1) is 0 Å². The van der Waals surface area contributed by atoms with E-state index >= 15 is 0 Å². The first kappa shape index (κ1) is 65.6.